The van der Waals surface area contributed by atoms with Crippen LogP contribution in [-0.4, -0.2) is 117 Å². The van der Waals surface area contributed by atoms with Crippen LogP contribution < -0.4 is 4.90 Å². The lowest BCUT2D eigenvalue weighted by Gasteiger charge is -2.22. The fraction of sp³-hybridized carbons (Fsp3) is 0.581. The van der Waals surface area contributed by atoms with E-state index in [1.54, 1.807) is 19.1 Å². The number of carbonyl (C=O) groups is 3. The average molecular weight is 628 g/mol. The Kier molecular flexibility index (Phi) is 25.2. The van der Waals surface area contributed by atoms with Crippen LogP contribution in [0, 0.1) is 0 Å². The summed E-state index contributed by atoms with van der Waals surface area (Å²) in [5.41, 5.74) is 1.36. The summed E-state index contributed by atoms with van der Waals surface area (Å²) in [4.78, 5) is 36.4. The van der Waals surface area contributed by atoms with Gasteiger partial charge in [0.2, 0.25) is 0 Å². The van der Waals surface area contributed by atoms with E-state index in [4.69, 9.17) is 42.6 Å². The fourth-order valence-corrected chi connectivity index (χ4v) is 3.00. The monoisotopic (exact) mass is 627 g/mol. The first-order chi connectivity index (χ1) is 21.3. The van der Waals surface area contributed by atoms with Gasteiger partial charge in [0.15, 0.2) is 6.29 Å². The van der Waals surface area contributed by atoms with Gasteiger partial charge in [-0.1, -0.05) is 27.0 Å². The van der Waals surface area contributed by atoms with Crippen LogP contribution in [0.1, 0.15) is 31.1 Å². The Morgan fingerprint density at radius 1 is 0.727 bits per heavy atom. The van der Waals surface area contributed by atoms with Gasteiger partial charge in [-0.25, -0.2) is 14.4 Å². The fourth-order valence-electron chi connectivity index (χ4n) is 3.00. The lowest BCUT2D eigenvalue weighted by atomic mass is 10.2. The molecule has 1 aromatic rings. The molecule has 0 aliphatic heterocycles. The Labute approximate surface area is 260 Å². The minimum absolute atomic E-state index is 0.0475. The molecule has 13 nitrogen and oxygen atoms in total. The van der Waals surface area contributed by atoms with Crippen LogP contribution >= 0.6 is 0 Å². The van der Waals surface area contributed by atoms with Crippen LogP contribution in [0.2, 0.25) is 0 Å². The topological polar surface area (TPSA) is 138 Å². The minimum atomic E-state index is -0.664. The van der Waals surface area contributed by atoms with Gasteiger partial charge in [-0.15, -0.1) is 0 Å². The highest BCUT2D eigenvalue weighted by atomic mass is 16.7. The molecule has 0 fully saturated rings. The van der Waals surface area contributed by atoms with E-state index in [1.807, 2.05) is 45.0 Å². The van der Waals surface area contributed by atoms with Gasteiger partial charge >= 0.3 is 17.9 Å². The quantitative estimate of drug-likeness (QED) is 0.0516. The molecule has 0 saturated carbocycles. The maximum absolute atomic E-state index is 12.6. The van der Waals surface area contributed by atoms with Crippen molar-refractivity contribution in [2.45, 2.75) is 33.2 Å². The van der Waals surface area contributed by atoms with Gasteiger partial charge in [-0.2, -0.15) is 0 Å². The first-order valence-electron chi connectivity index (χ1n) is 14.4. The van der Waals surface area contributed by atoms with E-state index in [0.29, 0.717) is 5.56 Å². The summed E-state index contributed by atoms with van der Waals surface area (Å²) in [6.45, 7) is 13.9. The molecule has 0 radical (unpaired) electrons. The summed E-state index contributed by atoms with van der Waals surface area (Å²) in [7, 11) is 3.82. The molecule has 1 rings (SSSR count). The van der Waals surface area contributed by atoms with Crippen LogP contribution in [0.25, 0.3) is 0 Å². The normalized spacial score (nSPS) is 11.8. The molecule has 13 heteroatoms. The van der Waals surface area contributed by atoms with Crippen LogP contribution in [0.5, 0.6) is 0 Å². The second-order valence-electron chi connectivity index (χ2n) is 8.60. The van der Waals surface area contributed by atoms with Gasteiger partial charge in [0.25, 0.3) is 0 Å². The second kappa shape index (κ2) is 27.2. The van der Waals surface area contributed by atoms with E-state index >= 15 is 0 Å². The summed E-state index contributed by atoms with van der Waals surface area (Å²) in [5, 5.41) is 0. The van der Waals surface area contributed by atoms with Crippen LogP contribution in [0.3, 0.4) is 0 Å². The van der Waals surface area contributed by atoms with E-state index in [0.717, 1.165) is 17.8 Å². The zero-order valence-electron chi connectivity index (χ0n) is 26.7. The Bertz CT molecular complexity index is 923. The number of anilines is 1. The Morgan fingerprint density at radius 3 is 1.80 bits per heavy atom. The third-order valence-corrected chi connectivity index (χ3v) is 5.10. The highest BCUT2D eigenvalue weighted by Crippen LogP contribution is 2.13. The van der Waals surface area contributed by atoms with Crippen molar-refractivity contribution in [3.05, 3.63) is 55.1 Å². The molecule has 0 aromatic heterocycles. The van der Waals surface area contributed by atoms with Gasteiger partial charge in [0.05, 0.1) is 51.8 Å². The van der Waals surface area contributed by atoms with Crippen molar-refractivity contribution in [2.24, 2.45) is 0 Å². The largest absolute Gasteiger partial charge is 0.460 e. The van der Waals surface area contributed by atoms with Gasteiger partial charge < -0.3 is 47.5 Å². The molecule has 0 bridgehead atoms. The zero-order valence-corrected chi connectivity index (χ0v) is 26.7. The van der Waals surface area contributed by atoms with E-state index in [1.165, 1.54) is 0 Å². The van der Waals surface area contributed by atoms with Crippen molar-refractivity contribution in [3.8, 4) is 0 Å². The van der Waals surface area contributed by atoms with Crippen LogP contribution in [0.15, 0.2) is 49.6 Å². The maximum atomic E-state index is 12.6. The molecule has 44 heavy (non-hydrogen) atoms. The predicted octanol–water partition coefficient (Wildman–Crippen LogP) is 3.17. The molecule has 0 aliphatic rings. The van der Waals surface area contributed by atoms with Crippen molar-refractivity contribution in [1.29, 1.82) is 0 Å². The number of nitrogens with zero attached hydrogens (tertiary/aromatic N) is 1. The van der Waals surface area contributed by atoms with Crippen molar-refractivity contribution in [3.63, 3.8) is 0 Å². The van der Waals surface area contributed by atoms with E-state index in [2.05, 4.69) is 13.2 Å². The predicted molar refractivity (Wildman–Crippen MR) is 163 cm³/mol. The SMILES string of the molecule is C=CC(=O)OCCOCCOCOCC(COC(=O)c1ccc(N(C)C)cc1)OC(C)OCCOCCOC(=O)C=C.CC. The number of benzene rings is 1. The molecular weight excluding hydrogens is 578 g/mol. The number of carbonyl (C=O) groups excluding carboxylic acids is 3. The van der Waals surface area contributed by atoms with Crippen molar-refractivity contribution < 1.29 is 57.0 Å². The number of hydrogen-bond acceptors (Lipinski definition) is 13. The number of hydrogen-bond donors (Lipinski definition) is 0. The number of ether oxygens (including phenoxy) is 9. The zero-order chi connectivity index (χ0) is 33.0. The third kappa shape index (κ3) is 21.4. The van der Waals surface area contributed by atoms with Gasteiger partial charge in [-0.3, -0.25) is 0 Å². The molecule has 2 unspecified atom stereocenters. The Morgan fingerprint density at radius 2 is 1.25 bits per heavy atom. The summed E-state index contributed by atoms with van der Waals surface area (Å²) in [6.07, 6.45) is 0.846. The Hall–Kier alpha value is -3.33. The molecule has 0 spiro atoms. The molecule has 0 saturated heterocycles. The van der Waals surface area contributed by atoms with E-state index in [9.17, 15) is 14.4 Å². The maximum Gasteiger partial charge on any atom is 0.338 e. The number of esters is 3. The molecule has 1 aromatic carbocycles. The van der Waals surface area contributed by atoms with Crippen molar-refractivity contribution in [1.82, 2.24) is 0 Å². The molecule has 250 valence electrons. The molecule has 0 aliphatic carbocycles. The first-order valence-corrected chi connectivity index (χ1v) is 14.4. The highest BCUT2D eigenvalue weighted by Gasteiger charge is 2.18. The number of rotatable bonds is 25. The molecule has 0 amide bonds. The second-order valence-corrected chi connectivity index (χ2v) is 8.60. The third-order valence-electron chi connectivity index (χ3n) is 5.10. The molecule has 0 heterocycles. The van der Waals surface area contributed by atoms with Gasteiger partial charge in [0.1, 0.15) is 32.7 Å². The molecular formula is C31H49NO12. The summed E-state index contributed by atoms with van der Waals surface area (Å²) in [5.74, 6) is -1.52. The first kappa shape index (κ1) is 40.7. The standard InChI is InChI=1S/C29H43NO12.C2H6/c1-6-27(31)39-18-15-34-12-13-36-22-37-20-26(21-41-29(33)24-8-10-25(11-9-24)30(4)5)42-23(3)38-17-14-35-16-19-40-28(32)7-2;1-2/h6-11,23,26H,1-2,12-22H2,3-5H3;1-2H3. The lowest BCUT2D eigenvalue weighted by Crippen LogP contribution is -2.32. The van der Waals surface area contributed by atoms with Crippen molar-refractivity contribution >= 4 is 23.6 Å². The minimum Gasteiger partial charge on any atom is -0.460 e. The average Bonchev–Trinajstić information content (AvgIpc) is 3.04. The lowest BCUT2D eigenvalue weighted by molar-refractivity contribution is -0.194. The van der Waals surface area contributed by atoms with Crippen molar-refractivity contribution in [2.75, 3.05) is 91.9 Å². The molecule has 2 atom stereocenters. The van der Waals surface area contributed by atoms with E-state index in [-0.39, 0.29) is 72.9 Å². The summed E-state index contributed by atoms with van der Waals surface area (Å²) < 4.78 is 48.1. The van der Waals surface area contributed by atoms with Gasteiger partial charge in [0, 0.05) is 31.9 Å². The summed E-state index contributed by atoms with van der Waals surface area (Å²) in [6, 6.07) is 7.02. The summed E-state index contributed by atoms with van der Waals surface area (Å²) >= 11 is 0. The van der Waals surface area contributed by atoms with Crippen LogP contribution in [0.4, 0.5) is 5.69 Å². The smallest absolute Gasteiger partial charge is 0.338 e. The van der Waals surface area contributed by atoms with Gasteiger partial charge in [-0.05, 0) is 31.2 Å². The Balaban J connectivity index is 0.00000904. The van der Waals surface area contributed by atoms with Crippen LogP contribution in [-0.2, 0) is 52.2 Å². The molecule has 0 N–H and O–H groups in total. The highest BCUT2D eigenvalue weighted by molar-refractivity contribution is 5.89. The van der Waals surface area contributed by atoms with E-state index < -0.39 is 30.3 Å².